The second kappa shape index (κ2) is 5.54. The summed E-state index contributed by atoms with van der Waals surface area (Å²) in [5, 5.41) is 5.54. The minimum atomic E-state index is -0.295. The first-order valence-corrected chi connectivity index (χ1v) is 6.07. The highest BCUT2D eigenvalue weighted by Crippen LogP contribution is 2.20. The zero-order valence-corrected chi connectivity index (χ0v) is 10.6. The normalized spacial score (nSPS) is 12.1. The molecule has 0 radical (unpaired) electrons. The zero-order chi connectivity index (χ0) is 13.0. The first-order valence-electron chi connectivity index (χ1n) is 6.07. The van der Waals surface area contributed by atoms with Crippen LogP contribution in [-0.4, -0.2) is 19.1 Å². The number of rotatable bonds is 4. The second-order valence-corrected chi connectivity index (χ2v) is 4.19. The van der Waals surface area contributed by atoms with Crippen molar-refractivity contribution in [3.8, 4) is 0 Å². The van der Waals surface area contributed by atoms with Crippen LogP contribution in [0.4, 0.5) is 5.69 Å². The molecule has 3 heteroatoms. The molecule has 0 aliphatic rings. The Kier molecular flexibility index (Phi) is 3.82. The quantitative estimate of drug-likeness (QED) is 0.838. The largest absolute Gasteiger partial charge is 0.467 e. The Morgan fingerprint density at radius 1 is 1.22 bits per heavy atom. The Morgan fingerprint density at radius 3 is 2.61 bits per heavy atom. The summed E-state index contributed by atoms with van der Waals surface area (Å²) in [4.78, 5) is 11.5. The van der Waals surface area contributed by atoms with E-state index >= 15 is 0 Å². The molecule has 1 atom stereocenters. The molecule has 0 aliphatic heterocycles. The number of anilines is 1. The van der Waals surface area contributed by atoms with Crippen molar-refractivity contribution < 1.29 is 9.53 Å². The van der Waals surface area contributed by atoms with Gasteiger partial charge in [0.2, 0.25) is 0 Å². The Labute approximate surface area is 107 Å². The Bertz CT molecular complexity index is 551. The first-order chi connectivity index (χ1) is 8.74. The van der Waals surface area contributed by atoms with Gasteiger partial charge in [-0.25, -0.2) is 4.79 Å². The first kappa shape index (κ1) is 12.4. The molecule has 0 saturated heterocycles. The molecule has 0 aromatic heterocycles. The van der Waals surface area contributed by atoms with E-state index in [9.17, 15) is 4.79 Å². The molecule has 0 aliphatic carbocycles. The summed E-state index contributed by atoms with van der Waals surface area (Å²) in [5.41, 5.74) is 0.936. The van der Waals surface area contributed by atoms with Crippen LogP contribution in [0.5, 0.6) is 0 Å². The summed E-state index contributed by atoms with van der Waals surface area (Å²) in [7, 11) is 1.41. The molecule has 2 rings (SSSR count). The van der Waals surface area contributed by atoms with Crippen LogP contribution < -0.4 is 5.32 Å². The van der Waals surface area contributed by atoms with Crippen LogP contribution in [0.25, 0.3) is 10.8 Å². The fourth-order valence-corrected chi connectivity index (χ4v) is 1.95. The SMILES string of the molecule is CCC(Nc1ccc2ccccc2c1)C(=O)OC. The lowest BCUT2D eigenvalue weighted by Gasteiger charge is -2.16. The van der Waals surface area contributed by atoms with Gasteiger partial charge < -0.3 is 10.1 Å². The van der Waals surface area contributed by atoms with Crippen LogP contribution in [0, 0.1) is 0 Å². The second-order valence-electron chi connectivity index (χ2n) is 4.19. The molecule has 18 heavy (non-hydrogen) atoms. The highest BCUT2D eigenvalue weighted by Gasteiger charge is 2.16. The standard InChI is InChI=1S/C15H17NO2/c1-3-14(15(17)18-2)16-13-9-8-11-6-4-5-7-12(11)10-13/h4-10,14,16H,3H2,1-2H3. The van der Waals surface area contributed by atoms with Gasteiger partial charge in [0.05, 0.1) is 7.11 Å². The number of fused-ring (bicyclic) bond motifs is 1. The van der Waals surface area contributed by atoms with Crippen molar-refractivity contribution in [1.82, 2.24) is 0 Å². The molecule has 0 amide bonds. The Balaban J connectivity index is 2.23. The van der Waals surface area contributed by atoms with Gasteiger partial charge in [0.1, 0.15) is 6.04 Å². The van der Waals surface area contributed by atoms with Crippen molar-refractivity contribution in [1.29, 1.82) is 0 Å². The molecular formula is C15H17NO2. The summed E-state index contributed by atoms with van der Waals surface area (Å²) in [6.45, 7) is 1.95. The molecule has 1 N–H and O–H groups in total. The number of ether oxygens (including phenoxy) is 1. The van der Waals surface area contributed by atoms with Gasteiger partial charge in [-0.15, -0.1) is 0 Å². The van der Waals surface area contributed by atoms with Crippen LogP contribution in [-0.2, 0) is 9.53 Å². The third-order valence-electron chi connectivity index (χ3n) is 2.98. The number of carbonyl (C=O) groups excluding carboxylic acids is 1. The van der Waals surface area contributed by atoms with Crippen LogP contribution in [0.2, 0.25) is 0 Å². The number of hydrogen-bond acceptors (Lipinski definition) is 3. The number of benzene rings is 2. The van der Waals surface area contributed by atoms with Gasteiger partial charge in [-0.05, 0) is 29.3 Å². The lowest BCUT2D eigenvalue weighted by Crippen LogP contribution is -2.29. The molecule has 0 heterocycles. The number of carbonyl (C=O) groups is 1. The molecule has 0 fully saturated rings. The van der Waals surface area contributed by atoms with E-state index in [-0.39, 0.29) is 12.0 Å². The van der Waals surface area contributed by atoms with E-state index in [0.29, 0.717) is 6.42 Å². The minimum absolute atomic E-state index is 0.231. The number of methoxy groups -OCH3 is 1. The number of esters is 1. The van der Waals surface area contributed by atoms with Crippen molar-refractivity contribution in [2.45, 2.75) is 19.4 Å². The molecular weight excluding hydrogens is 226 g/mol. The summed E-state index contributed by atoms with van der Waals surface area (Å²) < 4.78 is 4.76. The smallest absolute Gasteiger partial charge is 0.328 e. The minimum Gasteiger partial charge on any atom is -0.467 e. The molecule has 0 saturated carbocycles. The highest BCUT2D eigenvalue weighted by atomic mass is 16.5. The van der Waals surface area contributed by atoms with Gasteiger partial charge >= 0.3 is 5.97 Å². The summed E-state index contributed by atoms with van der Waals surface area (Å²) in [6.07, 6.45) is 0.694. The number of nitrogens with one attached hydrogen (secondary N) is 1. The molecule has 94 valence electrons. The van der Waals surface area contributed by atoms with Crippen molar-refractivity contribution in [2.24, 2.45) is 0 Å². The van der Waals surface area contributed by atoms with Gasteiger partial charge in [0.15, 0.2) is 0 Å². The predicted molar refractivity (Wildman–Crippen MR) is 73.7 cm³/mol. The zero-order valence-electron chi connectivity index (χ0n) is 10.6. The van der Waals surface area contributed by atoms with E-state index in [0.717, 1.165) is 11.1 Å². The van der Waals surface area contributed by atoms with Crippen molar-refractivity contribution in [3.63, 3.8) is 0 Å². The lowest BCUT2D eigenvalue weighted by atomic mass is 10.1. The van der Waals surface area contributed by atoms with Crippen LogP contribution in [0.1, 0.15) is 13.3 Å². The maximum absolute atomic E-state index is 11.5. The van der Waals surface area contributed by atoms with E-state index in [1.807, 2.05) is 37.3 Å². The van der Waals surface area contributed by atoms with E-state index in [1.165, 1.54) is 12.5 Å². The summed E-state index contributed by atoms with van der Waals surface area (Å²) >= 11 is 0. The van der Waals surface area contributed by atoms with Gasteiger partial charge in [-0.2, -0.15) is 0 Å². The third-order valence-corrected chi connectivity index (χ3v) is 2.98. The monoisotopic (exact) mass is 243 g/mol. The maximum atomic E-state index is 11.5. The summed E-state index contributed by atoms with van der Waals surface area (Å²) in [5.74, 6) is -0.231. The van der Waals surface area contributed by atoms with E-state index in [1.54, 1.807) is 0 Å². The van der Waals surface area contributed by atoms with Gasteiger partial charge in [-0.1, -0.05) is 37.3 Å². The van der Waals surface area contributed by atoms with Gasteiger partial charge in [0, 0.05) is 5.69 Å². The average molecular weight is 243 g/mol. The lowest BCUT2D eigenvalue weighted by molar-refractivity contribution is -0.141. The molecule has 2 aromatic carbocycles. The third kappa shape index (κ3) is 2.62. The highest BCUT2D eigenvalue weighted by molar-refractivity contribution is 5.87. The molecule has 0 spiro atoms. The molecule has 1 unspecified atom stereocenters. The Hall–Kier alpha value is -2.03. The summed E-state index contributed by atoms with van der Waals surface area (Å²) in [6, 6.07) is 13.9. The van der Waals surface area contributed by atoms with Crippen LogP contribution in [0.15, 0.2) is 42.5 Å². The van der Waals surface area contributed by atoms with Crippen molar-refractivity contribution >= 4 is 22.4 Å². The fraction of sp³-hybridized carbons (Fsp3) is 0.267. The van der Waals surface area contributed by atoms with Gasteiger partial charge in [-0.3, -0.25) is 0 Å². The van der Waals surface area contributed by atoms with Gasteiger partial charge in [0.25, 0.3) is 0 Å². The fourth-order valence-electron chi connectivity index (χ4n) is 1.95. The molecule has 2 aromatic rings. The topological polar surface area (TPSA) is 38.3 Å². The van der Waals surface area contributed by atoms with E-state index < -0.39 is 0 Å². The van der Waals surface area contributed by atoms with Crippen LogP contribution >= 0.6 is 0 Å². The Morgan fingerprint density at radius 2 is 1.94 bits per heavy atom. The predicted octanol–water partition coefficient (Wildman–Crippen LogP) is 3.20. The van der Waals surface area contributed by atoms with E-state index in [4.69, 9.17) is 4.74 Å². The maximum Gasteiger partial charge on any atom is 0.328 e. The molecule has 3 nitrogen and oxygen atoms in total. The van der Waals surface area contributed by atoms with Crippen LogP contribution in [0.3, 0.4) is 0 Å². The average Bonchev–Trinajstić information content (AvgIpc) is 2.43. The van der Waals surface area contributed by atoms with E-state index in [2.05, 4.69) is 17.4 Å². The molecule has 0 bridgehead atoms. The van der Waals surface area contributed by atoms with Crippen molar-refractivity contribution in [2.75, 3.05) is 12.4 Å². The van der Waals surface area contributed by atoms with Crippen molar-refractivity contribution in [3.05, 3.63) is 42.5 Å². The number of hydrogen-bond donors (Lipinski definition) is 1.